The maximum Gasteiger partial charge on any atom is 0.224 e. The van der Waals surface area contributed by atoms with E-state index in [1.54, 1.807) is 11.3 Å². The van der Waals surface area contributed by atoms with Crippen LogP contribution in [0.3, 0.4) is 0 Å². The van der Waals surface area contributed by atoms with Crippen LogP contribution in [0.15, 0.2) is 53.9 Å². The first-order chi connectivity index (χ1) is 11.8. The predicted octanol–water partition coefficient (Wildman–Crippen LogP) is 4.20. The molecule has 0 spiro atoms. The van der Waals surface area contributed by atoms with Crippen molar-refractivity contribution in [2.75, 3.05) is 13.2 Å². The van der Waals surface area contributed by atoms with E-state index < -0.39 is 0 Å². The van der Waals surface area contributed by atoms with Gasteiger partial charge in [-0.25, -0.2) is 0 Å². The largest absolute Gasteiger partial charge is 0.494 e. The Hall–Kier alpha value is -2.33. The van der Waals surface area contributed by atoms with Gasteiger partial charge in [0.15, 0.2) is 0 Å². The average Bonchev–Trinajstić information content (AvgIpc) is 3.00. The van der Waals surface area contributed by atoms with E-state index >= 15 is 0 Å². The van der Waals surface area contributed by atoms with Gasteiger partial charge in [0, 0.05) is 11.2 Å². The second-order valence-corrected chi connectivity index (χ2v) is 6.52. The minimum atomic E-state index is 0.0543. The maximum atomic E-state index is 12.1. The molecule has 0 unspecified atom stereocenters. The lowest BCUT2D eigenvalue weighted by Crippen LogP contribution is -2.27. The molecule has 0 radical (unpaired) electrons. The molecule has 3 nitrogen and oxygen atoms in total. The second kappa shape index (κ2) is 7.97. The van der Waals surface area contributed by atoms with Crippen LogP contribution < -0.4 is 10.1 Å². The Bertz CT molecular complexity index is 808. The summed E-state index contributed by atoms with van der Waals surface area (Å²) in [5.41, 5.74) is 2.30. The Morgan fingerprint density at radius 3 is 2.71 bits per heavy atom. The minimum Gasteiger partial charge on any atom is -0.494 e. The number of hydrogen-bond donors (Lipinski definition) is 1. The van der Waals surface area contributed by atoms with Crippen LogP contribution in [0.5, 0.6) is 5.75 Å². The highest BCUT2D eigenvalue weighted by atomic mass is 32.1. The van der Waals surface area contributed by atoms with Crippen molar-refractivity contribution in [3.63, 3.8) is 0 Å². The molecule has 0 fully saturated rings. The summed E-state index contributed by atoms with van der Waals surface area (Å²) in [6.07, 6.45) is 1.26. The molecule has 1 amide bonds. The molecule has 0 aliphatic rings. The molecule has 4 heteroatoms. The molecule has 1 aromatic heterocycles. The molecule has 0 saturated heterocycles. The minimum absolute atomic E-state index is 0.0543. The molecule has 3 aromatic rings. The van der Waals surface area contributed by atoms with Crippen molar-refractivity contribution in [3.05, 3.63) is 65.0 Å². The summed E-state index contributed by atoms with van der Waals surface area (Å²) in [5.74, 6) is 0.893. The topological polar surface area (TPSA) is 38.3 Å². The lowest BCUT2D eigenvalue weighted by atomic mass is 10.1. The van der Waals surface area contributed by atoms with E-state index in [9.17, 15) is 4.79 Å². The van der Waals surface area contributed by atoms with E-state index in [0.717, 1.165) is 17.7 Å². The van der Waals surface area contributed by atoms with E-state index in [1.807, 2.05) is 31.2 Å². The van der Waals surface area contributed by atoms with E-state index in [2.05, 4.69) is 35.0 Å². The molecular formula is C20H21NO2S. The van der Waals surface area contributed by atoms with Crippen LogP contribution in [0.1, 0.15) is 18.1 Å². The molecule has 2 aromatic carbocycles. The number of rotatable bonds is 7. The Labute approximate surface area is 146 Å². The standard InChI is InChI=1S/C20H21NO2S/c1-2-23-17-9-7-15(8-10-17)13-20(22)21-12-11-16-14-24-19-6-4-3-5-18(16)19/h3-10,14H,2,11-13H2,1H3,(H,21,22). The Morgan fingerprint density at radius 2 is 1.92 bits per heavy atom. The van der Waals surface area contributed by atoms with Gasteiger partial charge >= 0.3 is 0 Å². The third-order valence-electron chi connectivity index (χ3n) is 3.88. The summed E-state index contributed by atoms with van der Waals surface area (Å²) < 4.78 is 6.71. The van der Waals surface area contributed by atoms with E-state index in [0.29, 0.717) is 19.6 Å². The molecule has 24 heavy (non-hydrogen) atoms. The van der Waals surface area contributed by atoms with Gasteiger partial charge in [0.25, 0.3) is 0 Å². The molecule has 0 bridgehead atoms. The monoisotopic (exact) mass is 339 g/mol. The fraction of sp³-hybridized carbons (Fsp3) is 0.250. The van der Waals surface area contributed by atoms with Crippen LogP contribution in [-0.4, -0.2) is 19.1 Å². The number of benzene rings is 2. The maximum absolute atomic E-state index is 12.1. The third kappa shape index (κ3) is 4.15. The van der Waals surface area contributed by atoms with Crippen molar-refractivity contribution in [2.45, 2.75) is 19.8 Å². The number of thiophene rings is 1. The zero-order valence-corrected chi connectivity index (χ0v) is 14.6. The molecule has 0 saturated carbocycles. The summed E-state index contributed by atoms with van der Waals surface area (Å²) in [6, 6.07) is 16.1. The molecule has 3 rings (SSSR count). The summed E-state index contributed by atoms with van der Waals surface area (Å²) >= 11 is 1.76. The Kier molecular flexibility index (Phi) is 5.49. The first kappa shape index (κ1) is 16.5. The third-order valence-corrected chi connectivity index (χ3v) is 4.89. The molecule has 0 aliphatic carbocycles. The quantitative estimate of drug-likeness (QED) is 0.700. The van der Waals surface area contributed by atoms with E-state index in [1.165, 1.54) is 15.6 Å². The lowest BCUT2D eigenvalue weighted by Gasteiger charge is -2.07. The van der Waals surface area contributed by atoms with Crippen molar-refractivity contribution in [1.82, 2.24) is 5.32 Å². The lowest BCUT2D eigenvalue weighted by molar-refractivity contribution is -0.120. The number of hydrogen-bond acceptors (Lipinski definition) is 3. The highest BCUT2D eigenvalue weighted by Gasteiger charge is 2.06. The van der Waals surface area contributed by atoms with Gasteiger partial charge in [-0.2, -0.15) is 0 Å². The fourth-order valence-corrected chi connectivity index (χ4v) is 3.68. The number of nitrogens with one attached hydrogen (secondary N) is 1. The van der Waals surface area contributed by atoms with Gasteiger partial charge < -0.3 is 10.1 Å². The van der Waals surface area contributed by atoms with Gasteiger partial charge in [0.2, 0.25) is 5.91 Å². The SMILES string of the molecule is CCOc1ccc(CC(=O)NCCc2csc3ccccc23)cc1. The van der Waals surface area contributed by atoms with Crippen molar-refractivity contribution < 1.29 is 9.53 Å². The van der Waals surface area contributed by atoms with Gasteiger partial charge in [-0.1, -0.05) is 30.3 Å². The number of ether oxygens (including phenoxy) is 1. The average molecular weight is 339 g/mol. The van der Waals surface area contributed by atoms with Crippen LogP contribution in [0, 0.1) is 0 Å². The van der Waals surface area contributed by atoms with Crippen LogP contribution in [0.25, 0.3) is 10.1 Å². The number of amides is 1. The molecule has 0 atom stereocenters. The van der Waals surface area contributed by atoms with Gasteiger partial charge in [-0.15, -0.1) is 11.3 Å². The van der Waals surface area contributed by atoms with Gasteiger partial charge in [0.05, 0.1) is 13.0 Å². The zero-order valence-electron chi connectivity index (χ0n) is 13.7. The highest BCUT2D eigenvalue weighted by Crippen LogP contribution is 2.25. The van der Waals surface area contributed by atoms with Crippen LogP contribution in [0.2, 0.25) is 0 Å². The van der Waals surface area contributed by atoms with Crippen LogP contribution in [0.4, 0.5) is 0 Å². The number of fused-ring (bicyclic) bond motifs is 1. The molecule has 1 heterocycles. The zero-order chi connectivity index (χ0) is 16.8. The van der Waals surface area contributed by atoms with Gasteiger partial charge in [0.1, 0.15) is 5.75 Å². The fourth-order valence-electron chi connectivity index (χ4n) is 2.68. The smallest absolute Gasteiger partial charge is 0.224 e. The molecule has 124 valence electrons. The van der Waals surface area contributed by atoms with E-state index in [-0.39, 0.29) is 5.91 Å². The van der Waals surface area contributed by atoms with Crippen molar-refractivity contribution in [2.24, 2.45) is 0 Å². The second-order valence-electron chi connectivity index (χ2n) is 5.61. The van der Waals surface area contributed by atoms with Crippen molar-refractivity contribution in [3.8, 4) is 5.75 Å². The van der Waals surface area contributed by atoms with Crippen molar-refractivity contribution in [1.29, 1.82) is 0 Å². The summed E-state index contributed by atoms with van der Waals surface area (Å²) in [5, 5.41) is 6.49. The van der Waals surface area contributed by atoms with Crippen LogP contribution >= 0.6 is 11.3 Å². The Morgan fingerprint density at radius 1 is 1.12 bits per heavy atom. The highest BCUT2D eigenvalue weighted by molar-refractivity contribution is 7.17. The normalized spacial score (nSPS) is 10.7. The van der Waals surface area contributed by atoms with Crippen LogP contribution in [-0.2, 0) is 17.6 Å². The summed E-state index contributed by atoms with van der Waals surface area (Å²) in [6.45, 7) is 3.27. The number of carbonyl (C=O) groups excluding carboxylic acids is 1. The first-order valence-corrected chi connectivity index (χ1v) is 9.08. The molecule has 0 aliphatic heterocycles. The van der Waals surface area contributed by atoms with E-state index in [4.69, 9.17) is 4.74 Å². The van der Waals surface area contributed by atoms with Gasteiger partial charge in [-0.05, 0) is 53.4 Å². The number of carbonyl (C=O) groups is 1. The predicted molar refractivity (Wildman–Crippen MR) is 99.9 cm³/mol. The first-order valence-electron chi connectivity index (χ1n) is 8.20. The Balaban J connectivity index is 1.49. The summed E-state index contributed by atoms with van der Waals surface area (Å²) in [7, 11) is 0. The summed E-state index contributed by atoms with van der Waals surface area (Å²) in [4.78, 5) is 12.1. The molecule has 1 N–H and O–H groups in total. The van der Waals surface area contributed by atoms with Crippen molar-refractivity contribution >= 4 is 27.3 Å². The van der Waals surface area contributed by atoms with Gasteiger partial charge in [-0.3, -0.25) is 4.79 Å². The molecular weight excluding hydrogens is 318 g/mol.